The molecule has 21 heavy (non-hydrogen) atoms. The summed E-state index contributed by atoms with van der Waals surface area (Å²) < 4.78 is 26.8. The highest BCUT2D eigenvalue weighted by molar-refractivity contribution is 7.88. The van der Waals surface area contributed by atoms with Crippen molar-refractivity contribution in [2.45, 2.75) is 47.2 Å². The summed E-state index contributed by atoms with van der Waals surface area (Å²) in [6.07, 6.45) is 2.09. The van der Waals surface area contributed by atoms with Crippen LogP contribution in [0.15, 0.2) is 6.07 Å². The van der Waals surface area contributed by atoms with E-state index >= 15 is 0 Å². The number of aryl methyl sites for hydroxylation is 1. The monoisotopic (exact) mass is 315 g/mol. The van der Waals surface area contributed by atoms with E-state index in [-0.39, 0.29) is 0 Å². The molecular weight excluding hydrogens is 286 g/mol. The van der Waals surface area contributed by atoms with E-state index in [4.69, 9.17) is 0 Å². The first-order valence-corrected chi connectivity index (χ1v) is 9.47. The number of hydrogen-bond acceptors (Lipinski definition) is 3. The zero-order valence-electron chi connectivity index (χ0n) is 13.9. The molecule has 0 aromatic carbocycles. The summed E-state index contributed by atoms with van der Waals surface area (Å²) in [7, 11) is -3.06. The molecule has 1 rings (SSSR count). The molecule has 0 aliphatic rings. The predicted molar refractivity (Wildman–Crippen MR) is 88.0 cm³/mol. The van der Waals surface area contributed by atoms with Gasteiger partial charge in [0, 0.05) is 37.6 Å². The van der Waals surface area contributed by atoms with Crippen molar-refractivity contribution < 1.29 is 8.42 Å². The molecule has 0 aliphatic carbocycles. The van der Waals surface area contributed by atoms with Gasteiger partial charge in [0.1, 0.15) is 0 Å². The Morgan fingerprint density at radius 2 is 1.95 bits per heavy atom. The number of rotatable bonds is 9. The van der Waals surface area contributed by atoms with Gasteiger partial charge in [-0.25, -0.2) is 12.7 Å². The molecule has 0 saturated heterocycles. The van der Waals surface area contributed by atoms with E-state index < -0.39 is 10.0 Å². The average molecular weight is 315 g/mol. The molecule has 0 atom stereocenters. The highest BCUT2D eigenvalue weighted by atomic mass is 32.2. The molecule has 122 valence electrons. The second kappa shape index (κ2) is 7.96. The number of hydrogen-bond donors (Lipinski definition) is 1. The zero-order chi connectivity index (χ0) is 16.0. The summed E-state index contributed by atoms with van der Waals surface area (Å²) in [4.78, 5) is 0. The van der Waals surface area contributed by atoms with E-state index in [2.05, 4.69) is 36.7 Å². The van der Waals surface area contributed by atoms with Gasteiger partial charge in [-0.1, -0.05) is 6.92 Å². The Hall–Kier alpha value is -0.850. The molecule has 0 aliphatic heterocycles. The Balaban J connectivity index is 2.38. The third-order valence-electron chi connectivity index (χ3n) is 3.89. The van der Waals surface area contributed by atoms with Crippen LogP contribution < -0.4 is 5.32 Å². The smallest absolute Gasteiger partial charge is 0.211 e. The third kappa shape index (κ3) is 5.13. The van der Waals surface area contributed by atoms with Crippen molar-refractivity contribution in [3.8, 4) is 0 Å². The minimum Gasteiger partial charge on any atom is -0.349 e. The molecule has 6 heteroatoms. The minimum absolute atomic E-state index is 0.538. The summed E-state index contributed by atoms with van der Waals surface area (Å²) >= 11 is 0. The lowest BCUT2D eigenvalue weighted by Gasteiger charge is -2.17. The van der Waals surface area contributed by atoms with Crippen LogP contribution in [0.4, 0.5) is 0 Å². The first kappa shape index (κ1) is 18.2. The van der Waals surface area contributed by atoms with Crippen LogP contribution in [-0.2, 0) is 23.1 Å². The van der Waals surface area contributed by atoms with E-state index in [1.54, 1.807) is 0 Å². The van der Waals surface area contributed by atoms with Crippen LogP contribution in [0.3, 0.4) is 0 Å². The lowest BCUT2D eigenvalue weighted by atomic mass is 10.2. The second-order valence-corrected chi connectivity index (χ2v) is 7.41. The van der Waals surface area contributed by atoms with Crippen molar-refractivity contribution in [3.05, 3.63) is 23.0 Å². The van der Waals surface area contributed by atoms with E-state index in [9.17, 15) is 8.42 Å². The molecule has 1 aromatic rings. The highest BCUT2D eigenvalue weighted by Crippen LogP contribution is 2.14. The van der Waals surface area contributed by atoms with Gasteiger partial charge in [-0.05, 0) is 45.4 Å². The quantitative estimate of drug-likeness (QED) is 0.708. The number of aromatic nitrogens is 1. The van der Waals surface area contributed by atoms with Gasteiger partial charge < -0.3 is 9.88 Å². The van der Waals surface area contributed by atoms with Crippen LogP contribution in [0.5, 0.6) is 0 Å². The van der Waals surface area contributed by atoms with Gasteiger partial charge in [0.25, 0.3) is 0 Å². The third-order valence-corrected chi connectivity index (χ3v) is 5.27. The van der Waals surface area contributed by atoms with Crippen molar-refractivity contribution in [3.63, 3.8) is 0 Å². The van der Waals surface area contributed by atoms with E-state index in [0.717, 1.165) is 26.1 Å². The summed E-state index contributed by atoms with van der Waals surface area (Å²) in [5.41, 5.74) is 3.93. The van der Waals surface area contributed by atoms with Gasteiger partial charge in [0.05, 0.1) is 6.26 Å². The Kier molecular flexibility index (Phi) is 6.90. The van der Waals surface area contributed by atoms with Crippen molar-refractivity contribution in [2.75, 3.05) is 25.9 Å². The predicted octanol–water partition coefficient (Wildman–Crippen LogP) is 1.89. The van der Waals surface area contributed by atoms with E-state index in [1.165, 1.54) is 27.5 Å². The van der Waals surface area contributed by atoms with Crippen molar-refractivity contribution in [1.29, 1.82) is 0 Å². The molecule has 0 radical (unpaired) electrons. The molecule has 0 saturated carbocycles. The van der Waals surface area contributed by atoms with Crippen molar-refractivity contribution >= 4 is 10.0 Å². The van der Waals surface area contributed by atoms with Gasteiger partial charge in [-0.3, -0.25) is 0 Å². The molecule has 0 spiro atoms. The van der Waals surface area contributed by atoms with Crippen LogP contribution >= 0.6 is 0 Å². The van der Waals surface area contributed by atoms with E-state index in [1.807, 2.05) is 6.92 Å². The number of nitrogens with one attached hydrogen (secondary N) is 1. The Bertz CT molecular complexity index is 550. The summed E-state index contributed by atoms with van der Waals surface area (Å²) in [5.74, 6) is 0. The van der Waals surface area contributed by atoms with Gasteiger partial charge in [0.2, 0.25) is 10.0 Å². The Labute approximate surface area is 129 Å². The normalized spacial score (nSPS) is 12.3. The summed E-state index contributed by atoms with van der Waals surface area (Å²) in [5, 5.41) is 3.40. The maximum absolute atomic E-state index is 11.5. The van der Waals surface area contributed by atoms with Gasteiger partial charge in [-0.15, -0.1) is 0 Å². The molecule has 1 N–H and O–H groups in total. The average Bonchev–Trinajstić information content (AvgIpc) is 2.66. The maximum Gasteiger partial charge on any atom is 0.211 e. The lowest BCUT2D eigenvalue weighted by molar-refractivity contribution is 0.419. The first-order chi connectivity index (χ1) is 9.81. The Morgan fingerprint density at radius 1 is 1.29 bits per heavy atom. The highest BCUT2D eigenvalue weighted by Gasteiger charge is 2.13. The molecule has 1 heterocycles. The zero-order valence-corrected chi connectivity index (χ0v) is 14.8. The van der Waals surface area contributed by atoms with Crippen molar-refractivity contribution in [2.24, 2.45) is 0 Å². The molecule has 0 bridgehead atoms. The first-order valence-electron chi connectivity index (χ1n) is 7.62. The second-order valence-electron chi connectivity index (χ2n) is 5.43. The maximum atomic E-state index is 11.5. The van der Waals surface area contributed by atoms with Crippen LogP contribution in [-0.4, -0.2) is 43.2 Å². The van der Waals surface area contributed by atoms with E-state index in [0.29, 0.717) is 13.1 Å². The van der Waals surface area contributed by atoms with Crippen LogP contribution in [0.2, 0.25) is 0 Å². The molecule has 0 unspecified atom stereocenters. The summed E-state index contributed by atoms with van der Waals surface area (Å²) in [6, 6.07) is 2.22. The van der Waals surface area contributed by atoms with Crippen LogP contribution in [0.1, 0.15) is 37.2 Å². The fourth-order valence-electron chi connectivity index (χ4n) is 2.70. The van der Waals surface area contributed by atoms with Gasteiger partial charge in [-0.2, -0.15) is 0 Å². The molecule has 1 aromatic heterocycles. The molecule has 0 amide bonds. The molecule has 5 nitrogen and oxygen atoms in total. The topological polar surface area (TPSA) is 54.3 Å². The number of sulfonamides is 1. The standard InChI is InChI=1S/C15H29N3O2S/c1-6-17(21(5,19)20)10-8-9-16-12-15-11-13(3)18(7-2)14(15)4/h11,16H,6-10,12H2,1-5H3. The van der Waals surface area contributed by atoms with Crippen LogP contribution in [0, 0.1) is 13.8 Å². The largest absolute Gasteiger partial charge is 0.349 e. The summed E-state index contributed by atoms with van der Waals surface area (Å²) in [6.45, 7) is 12.1. The lowest BCUT2D eigenvalue weighted by Crippen LogP contribution is -2.32. The van der Waals surface area contributed by atoms with Crippen LogP contribution in [0.25, 0.3) is 0 Å². The van der Waals surface area contributed by atoms with Gasteiger partial charge >= 0.3 is 0 Å². The molecular formula is C15H29N3O2S. The SMILES string of the molecule is CCN(CCCNCc1cc(C)n(CC)c1C)S(C)(=O)=O. The minimum atomic E-state index is -3.06. The Morgan fingerprint density at radius 3 is 2.43 bits per heavy atom. The number of nitrogens with zero attached hydrogens (tertiary/aromatic N) is 2. The van der Waals surface area contributed by atoms with Gasteiger partial charge in [0.15, 0.2) is 0 Å². The van der Waals surface area contributed by atoms with Crippen molar-refractivity contribution in [1.82, 2.24) is 14.2 Å². The fraction of sp³-hybridized carbons (Fsp3) is 0.733. The molecule has 0 fully saturated rings. The fourth-order valence-corrected chi connectivity index (χ4v) is 3.63.